The Balaban J connectivity index is 2.58. The summed E-state index contributed by atoms with van der Waals surface area (Å²) in [6.45, 7) is 2.40. The van der Waals surface area contributed by atoms with Crippen molar-refractivity contribution in [3.05, 3.63) is 0 Å². The molecule has 1 atom stereocenters. The van der Waals surface area contributed by atoms with Crippen LogP contribution in [0.4, 0.5) is 0 Å². The highest BCUT2D eigenvalue weighted by Crippen LogP contribution is 2.11. The molecule has 0 spiro atoms. The first kappa shape index (κ1) is 7.97. The Hall–Kier alpha value is -0.130. The van der Waals surface area contributed by atoms with E-state index in [4.69, 9.17) is 0 Å². The average Bonchev–Trinajstić information content (AvgIpc) is 1.94. The fraction of sp³-hybridized carbons (Fsp3) is 1.00. The van der Waals surface area contributed by atoms with Crippen molar-refractivity contribution in [3.63, 3.8) is 0 Å². The van der Waals surface area contributed by atoms with Crippen molar-refractivity contribution in [2.24, 2.45) is 5.92 Å². The third-order valence-electron chi connectivity index (χ3n) is 1.34. The van der Waals surface area contributed by atoms with Gasteiger partial charge in [-0.1, -0.05) is 6.92 Å². The molecule has 4 nitrogen and oxygen atoms in total. The summed E-state index contributed by atoms with van der Waals surface area (Å²) in [7, 11) is -3.65. The molecule has 0 amide bonds. The van der Waals surface area contributed by atoms with Crippen LogP contribution < -0.4 is 0 Å². The third kappa shape index (κ3) is 2.24. The summed E-state index contributed by atoms with van der Waals surface area (Å²) in [6, 6.07) is 0. The van der Waals surface area contributed by atoms with Crippen LogP contribution in [-0.2, 0) is 18.8 Å². The second kappa shape index (κ2) is 2.86. The molecule has 1 fully saturated rings. The smallest absolute Gasteiger partial charge is 0.248 e. The lowest BCUT2D eigenvalue weighted by atomic mass is 10.1. The van der Waals surface area contributed by atoms with Gasteiger partial charge in [0.15, 0.2) is 0 Å². The fourth-order valence-corrected chi connectivity index (χ4v) is 1.44. The SMILES string of the molecule is CC1CCOS(=O)(=O)OC1. The topological polar surface area (TPSA) is 52.6 Å². The zero-order valence-electron chi connectivity index (χ0n) is 5.74. The minimum absolute atomic E-state index is 0.238. The van der Waals surface area contributed by atoms with Crippen LogP contribution in [0.2, 0.25) is 0 Å². The summed E-state index contributed by atoms with van der Waals surface area (Å²) in [4.78, 5) is 0. The molecular formula is C5H10O4S. The van der Waals surface area contributed by atoms with E-state index in [0.29, 0.717) is 0 Å². The fourth-order valence-electron chi connectivity index (χ4n) is 0.668. The van der Waals surface area contributed by atoms with Crippen molar-refractivity contribution in [3.8, 4) is 0 Å². The van der Waals surface area contributed by atoms with Crippen molar-refractivity contribution >= 4 is 10.4 Å². The van der Waals surface area contributed by atoms with E-state index in [2.05, 4.69) is 8.37 Å². The van der Waals surface area contributed by atoms with Crippen LogP contribution in [0.3, 0.4) is 0 Å². The standard InChI is InChI=1S/C5H10O4S/c1-5-2-3-8-10(6,7)9-4-5/h5H,2-4H2,1H3. The monoisotopic (exact) mass is 166 g/mol. The van der Waals surface area contributed by atoms with E-state index in [9.17, 15) is 8.42 Å². The molecule has 0 saturated carbocycles. The Morgan fingerprint density at radius 3 is 2.80 bits per heavy atom. The van der Waals surface area contributed by atoms with Crippen molar-refractivity contribution in [2.45, 2.75) is 13.3 Å². The van der Waals surface area contributed by atoms with Crippen LogP contribution in [0.15, 0.2) is 0 Å². The molecule has 0 N–H and O–H groups in total. The lowest BCUT2D eigenvalue weighted by Gasteiger charge is -2.00. The highest BCUT2D eigenvalue weighted by molar-refractivity contribution is 7.81. The lowest BCUT2D eigenvalue weighted by molar-refractivity contribution is 0.241. The van der Waals surface area contributed by atoms with Gasteiger partial charge in [-0.3, -0.25) is 0 Å². The van der Waals surface area contributed by atoms with Crippen LogP contribution in [0.25, 0.3) is 0 Å². The summed E-state index contributed by atoms with van der Waals surface area (Å²) in [5.41, 5.74) is 0. The van der Waals surface area contributed by atoms with Gasteiger partial charge < -0.3 is 0 Å². The summed E-state index contributed by atoms with van der Waals surface area (Å²) >= 11 is 0. The van der Waals surface area contributed by atoms with E-state index < -0.39 is 10.4 Å². The zero-order chi connectivity index (χ0) is 7.61. The van der Waals surface area contributed by atoms with Crippen molar-refractivity contribution < 1.29 is 16.8 Å². The maximum atomic E-state index is 10.6. The van der Waals surface area contributed by atoms with E-state index in [0.717, 1.165) is 6.42 Å². The molecule has 1 aliphatic rings. The second-order valence-corrected chi connectivity index (χ2v) is 3.70. The van der Waals surface area contributed by atoms with Crippen molar-refractivity contribution in [1.29, 1.82) is 0 Å². The zero-order valence-corrected chi connectivity index (χ0v) is 6.56. The molecule has 0 aliphatic carbocycles. The molecule has 0 bridgehead atoms. The molecule has 1 heterocycles. The van der Waals surface area contributed by atoms with E-state index in [1.165, 1.54) is 0 Å². The van der Waals surface area contributed by atoms with Gasteiger partial charge >= 0.3 is 10.4 Å². The van der Waals surface area contributed by atoms with E-state index >= 15 is 0 Å². The highest BCUT2D eigenvalue weighted by Gasteiger charge is 2.18. The first-order valence-electron chi connectivity index (χ1n) is 3.14. The molecule has 1 rings (SSSR count). The van der Waals surface area contributed by atoms with Gasteiger partial charge in [0.05, 0.1) is 13.2 Å². The van der Waals surface area contributed by atoms with Gasteiger partial charge in [-0.2, -0.15) is 8.42 Å². The Kier molecular flexibility index (Phi) is 2.28. The Bertz CT molecular complexity index is 196. The van der Waals surface area contributed by atoms with Crippen LogP contribution in [0.5, 0.6) is 0 Å². The Morgan fingerprint density at radius 2 is 2.10 bits per heavy atom. The van der Waals surface area contributed by atoms with Gasteiger partial charge in [0, 0.05) is 0 Å². The van der Waals surface area contributed by atoms with Gasteiger partial charge in [0.1, 0.15) is 0 Å². The van der Waals surface area contributed by atoms with Crippen LogP contribution >= 0.6 is 0 Å². The molecule has 1 aliphatic heterocycles. The lowest BCUT2D eigenvalue weighted by Crippen LogP contribution is -2.08. The molecule has 1 saturated heterocycles. The van der Waals surface area contributed by atoms with Gasteiger partial charge in [0.25, 0.3) is 0 Å². The van der Waals surface area contributed by atoms with Crippen molar-refractivity contribution in [2.75, 3.05) is 13.2 Å². The van der Waals surface area contributed by atoms with Crippen LogP contribution in [-0.4, -0.2) is 21.6 Å². The summed E-state index contributed by atoms with van der Waals surface area (Å²) in [5, 5.41) is 0. The van der Waals surface area contributed by atoms with Gasteiger partial charge in [0.2, 0.25) is 0 Å². The molecule has 0 radical (unpaired) electrons. The molecule has 1 unspecified atom stereocenters. The Morgan fingerprint density at radius 1 is 1.40 bits per heavy atom. The normalized spacial score (nSPS) is 33.1. The summed E-state index contributed by atoms with van der Waals surface area (Å²) < 4.78 is 30.0. The molecule has 0 aromatic carbocycles. The predicted molar refractivity (Wildman–Crippen MR) is 34.6 cm³/mol. The maximum Gasteiger partial charge on any atom is 0.399 e. The number of hydrogen-bond donors (Lipinski definition) is 0. The number of hydrogen-bond acceptors (Lipinski definition) is 4. The van der Waals surface area contributed by atoms with Crippen LogP contribution in [0.1, 0.15) is 13.3 Å². The van der Waals surface area contributed by atoms with Gasteiger partial charge in [-0.05, 0) is 12.3 Å². The quantitative estimate of drug-likeness (QED) is 0.519. The molecule has 10 heavy (non-hydrogen) atoms. The molecule has 0 aromatic heterocycles. The Labute approximate surface area is 60.5 Å². The first-order valence-corrected chi connectivity index (χ1v) is 4.47. The molecular weight excluding hydrogens is 156 g/mol. The average molecular weight is 166 g/mol. The minimum atomic E-state index is -3.65. The largest absolute Gasteiger partial charge is 0.399 e. The first-order chi connectivity index (χ1) is 4.60. The summed E-state index contributed by atoms with van der Waals surface area (Å²) in [6.07, 6.45) is 0.735. The second-order valence-electron chi connectivity index (χ2n) is 2.41. The van der Waals surface area contributed by atoms with Gasteiger partial charge in [-0.25, -0.2) is 8.37 Å². The highest BCUT2D eigenvalue weighted by atomic mass is 32.3. The van der Waals surface area contributed by atoms with Gasteiger partial charge in [-0.15, -0.1) is 0 Å². The molecule has 60 valence electrons. The predicted octanol–water partition coefficient (Wildman–Crippen LogP) is 0.304. The van der Waals surface area contributed by atoms with Crippen molar-refractivity contribution in [1.82, 2.24) is 0 Å². The van der Waals surface area contributed by atoms with E-state index in [1.807, 2.05) is 6.92 Å². The maximum absolute atomic E-state index is 10.6. The van der Waals surface area contributed by atoms with Crippen LogP contribution in [0, 0.1) is 5.92 Å². The minimum Gasteiger partial charge on any atom is -0.248 e. The van der Waals surface area contributed by atoms with E-state index in [-0.39, 0.29) is 19.1 Å². The number of rotatable bonds is 0. The van der Waals surface area contributed by atoms with E-state index in [1.54, 1.807) is 0 Å². The third-order valence-corrected chi connectivity index (χ3v) is 2.22. The molecule has 0 aromatic rings. The molecule has 5 heteroatoms. The summed E-state index contributed by atoms with van der Waals surface area (Å²) in [5.74, 6) is 0.261.